The van der Waals surface area contributed by atoms with Crippen LogP contribution in [0.3, 0.4) is 0 Å². The summed E-state index contributed by atoms with van der Waals surface area (Å²) in [5.41, 5.74) is 0. The minimum Gasteiger partial charge on any atom is -0.602 e. The van der Waals surface area contributed by atoms with Crippen molar-refractivity contribution in [2.75, 3.05) is 6.61 Å². The molecule has 170 valence electrons. The number of hydrogen-bond donors (Lipinski definition) is 0. The predicted molar refractivity (Wildman–Crippen MR) is 120 cm³/mol. The molecule has 5 nitrogen and oxygen atoms in total. The highest BCUT2D eigenvalue weighted by Gasteiger charge is 2.37. The predicted octanol–water partition coefficient (Wildman–Crippen LogP) is 6.60. The third kappa shape index (κ3) is 20.5. The first-order chi connectivity index (χ1) is 13.8. The van der Waals surface area contributed by atoms with Crippen LogP contribution in [0.1, 0.15) is 112 Å². The molecule has 0 radical (unpaired) electrons. The molecule has 0 aromatic carbocycles. The summed E-state index contributed by atoms with van der Waals surface area (Å²) in [6.07, 6.45) is 15.5. The second-order valence-electron chi connectivity index (χ2n) is 8.23. The summed E-state index contributed by atoms with van der Waals surface area (Å²) in [5.74, 6) is 0.114. The Labute approximate surface area is 184 Å². The normalized spacial score (nSPS) is 11.9. The topological polar surface area (TPSA) is 54.0 Å². The molecular formula is C23H45AlO5. The number of hydrogen-bond acceptors (Lipinski definition) is 5. The van der Waals surface area contributed by atoms with Crippen molar-refractivity contribution in [1.29, 1.82) is 0 Å². The van der Waals surface area contributed by atoms with Crippen molar-refractivity contribution >= 4 is 21.1 Å². The smallest absolute Gasteiger partial charge is 0.602 e. The second-order valence-corrected chi connectivity index (χ2v) is 9.59. The highest BCUT2D eigenvalue weighted by atomic mass is 27.3. The van der Waals surface area contributed by atoms with Crippen molar-refractivity contribution in [3.05, 3.63) is 11.8 Å². The highest BCUT2D eigenvalue weighted by molar-refractivity contribution is 6.36. The Morgan fingerprint density at radius 3 is 1.69 bits per heavy atom. The SMILES string of the molecule is CCCCCCCCCCCCCOC(=O)/C=C(\C)[O][Al]([O]C(C)C)[O]C(C)C. The molecule has 0 heterocycles. The van der Waals surface area contributed by atoms with Crippen molar-refractivity contribution in [2.24, 2.45) is 0 Å². The van der Waals surface area contributed by atoms with Gasteiger partial charge < -0.3 is 16.1 Å². The number of esters is 1. The van der Waals surface area contributed by atoms with Crippen LogP contribution in [0, 0.1) is 0 Å². The minimum absolute atomic E-state index is 0.0197. The zero-order valence-electron chi connectivity index (χ0n) is 19.8. The molecule has 0 spiro atoms. The Hall–Kier alpha value is -0.538. The lowest BCUT2D eigenvalue weighted by atomic mass is 10.1. The molecule has 0 fully saturated rings. The van der Waals surface area contributed by atoms with Crippen LogP contribution in [0.25, 0.3) is 0 Å². The van der Waals surface area contributed by atoms with Gasteiger partial charge in [0.2, 0.25) is 0 Å². The molecule has 0 aromatic rings. The van der Waals surface area contributed by atoms with Crippen molar-refractivity contribution in [3.63, 3.8) is 0 Å². The lowest BCUT2D eigenvalue weighted by molar-refractivity contribution is -0.138. The Balaban J connectivity index is 3.80. The van der Waals surface area contributed by atoms with Crippen LogP contribution in [-0.2, 0) is 20.9 Å². The number of carbonyl (C=O) groups is 1. The van der Waals surface area contributed by atoms with E-state index in [0.29, 0.717) is 12.4 Å². The van der Waals surface area contributed by atoms with Gasteiger partial charge in [0.25, 0.3) is 0 Å². The van der Waals surface area contributed by atoms with Gasteiger partial charge in [-0.15, -0.1) is 0 Å². The molecule has 0 atom stereocenters. The largest absolute Gasteiger partial charge is 1.00 e. The molecule has 29 heavy (non-hydrogen) atoms. The van der Waals surface area contributed by atoms with Gasteiger partial charge in [0.05, 0.1) is 18.4 Å². The molecule has 0 aromatic heterocycles. The van der Waals surface area contributed by atoms with Gasteiger partial charge in [0, 0.05) is 12.2 Å². The van der Waals surface area contributed by atoms with Crippen LogP contribution in [0.5, 0.6) is 0 Å². The standard InChI is InChI=1S/C17H32O3.2C3H7O.Al/c1-3-4-5-6-7-8-9-10-11-12-13-14-20-17(19)15-16(2)18;2*1-3(2)4;/h15,18H,3-14H2,1-2H3;2*3H,1-2H3;/q;2*-1;+3/p-1/b16-15+;;;. The Morgan fingerprint density at radius 2 is 1.24 bits per heavy atom. The molecule has 0 saturated carbocycles. The molecule has 0 amide bonds. The van der Waals surface area contributed by atoms with Crippen LogP contribution in [-0.4, -0.2) is 39.9 Å². The van der Waals surface area contributed by atoms with E-state index in [4.69, 9.17) is 16.1 Å². The average molecular weight is 429 g/mol. The Morgan fingerprint density at radius 1 is 0.793 bits per heavy atom. The zero-order chi connectivity index (χ0) is 21.9. The summed E-state index contributed by atoms with van der Waals surface area (Å²) >= 11 is -2.30. The van der Waals surface area contributed by atoms with Gasteiger partial charge in [-0.2, -0.15) is 0 Å². The van der Waals surface area contributed by atoms with E-state index < -0.39 is 15.1 Å². The third-order valence-corrected chi connectivity index (χ3v) is 6.46. The summed E-state index contributed by atoms with van der Waals surface area (Å²) in [6.45, 7) is 12.2. The maximum absolute atomic E-state index is 11.9. The van der Waals surface area contributed by atoms with Gasteiger partial charge in [-0.1, -0.05) is 71.1 Å². The van der Waals surface area contributed by atoms with Crippen LogP contribution in [0.15, 0.2) is 11.8 Å². The van der Waals surface area contributed by atoms with Crippen molar-refractivity contribution in [3.8, 4) is 0 Å². The van der Waals surface area contributed by atoms with Gasteiger partial charge in [0.1, 0.15) is 0 Å². The molecule has 0 unspecified atom stereocenters. The second kappa shape index (κ2) is 19.4. The summed E-state index contributed by atoms with van der Waals surface area (Å²) in [5, 5.41) is 0. The van der Waals surface area contributed by atoms with Gasteiger partial charge >= 0.3 is 21.1 Å². The summed E-state index contributed by atoms with van der Waals surface area (Å²) in [4.78, 5) is 11.9. The molecule has 0 rings (SSSR count). The average Bonchev–Trinajstić information content (AvgIpc) is 2.61. The molecule has 0 aliphatic heterocycles. The van der Waals surface area contributed by atoms with Crippen LogP contribution < -0.4 is 0 Å². The van der Waals surface area contributed by atoms with Gasteiger partial charge in [-0.3, -0.25) is 0 Å². The quantitative estimate of drug-likeness (QED) is 0.0763. The lowest BCUT2D eigenvalue weighted by Gasteiger charge is -2.18. The number of ether oxygens (including phenoxy) is 1. The molecule has 0 aliphatic carbocycles. The third-order valence-electron chi connectivity index (χ3n) is 4.36. The van der Waals surface area contributed by atoms with Gasteiger partial charge in [-0.05, 0) is 41.0 Å². The van der Waals surface area contributed by atoms with E-state index in [0.717, 1.165) is 12.8 Å². The number of carbonyl (C=O) groups excluding carboxylic acids is 1. The first-order valence-corrected chi connectivity index (χ1v) is 13.1. The van der Waals surface area contributed by atoms with E-state index in [9.17, 15) is 4.79 Å². The molecule has 0 aliphatic rings. The lowest BCUT2D eigenvalue weighted by Crippen LogP contribution is -2.32. The number of unbranched alkanes of at least 4 members (excludes halogenated alkanes) is 10. The molecular weight excluding hydrogens is 383 g/mol. The van der Waals surface area contributed by atoms with Crippen LogP contribution in [0.4, 0.5) is 0 Å². The molecule has 6 heteroatoms. The Kier molecular flexibility index (Phi) is 19.1. The first kappa shape index (κ1) is 28.5. The van der Waals surface area contributed by atoms with E-state index in [2.05, 4.69) is 6.92 Å². The summed E-state index contributed by atoms with van der Waals surface area (Å²) in [7, 11) is 0. The zero-order valence-corrected chi connectivity index (χ0v) is 21.0. The fourth-order valence-corrected chi connectivity index (χ4v) is 4.30. The minimum atomic E-state index is -2.30. The highest BCUT2D eigenvalue weighted by Crippen LogP contribution is 2.11. The molecule has 0 saturated heterocycles. The van der Waals surface area contributed by atoms with Crippen molar-refractivity contribution in [1.82, 2.24) is 0 Å². The van der Waals surface area contributed by atoms with E-state index in [-0.39, 0.29) is 18.2 Å². The van der Waals surface area contributed by atoms with Gasteiger partial charge in [0.15, 0.2) is 0 Å². The fourth-order valence-electron chi connectivity index (χ4n) is 2.86. The van der Waals surface area contributed by atoms with E-state index in [1.807, 2.05) is 27.7 Å². The molecule has 0 N–H and O–H groups in total. The Bertz CT molecular complexity index is 413. The number of allylic oxidation sites excluding steroid dienone is 1. The van der Waals surface area contributed by atoms with Crippen LogP contribution in [0.2, 0.25) is 0 Å². The van der Waals surface area contributed by atoms with Crippen LogP contribution >= 0.6 is 0 Å². The maximum Gasteiger partial charge on any atom is 1.00 e. The van der Waals surface area contributed by atoms with Gasteiger partial charge in [-0.25, -0.2) is 4.79 Å². The van der Waals surface area contributed by atoms with Crippen molar-refractivity contribution in [2.45, 2.75) is 124 Å². The first-order valence-electron chi connectivity index (χ1n) is 11.7. The summed E-state index contributed by atoms with van der Waals surface area (Å²) in [6, 6.07) is 0. The number of rotatable bonds is 19. The van der Waals surface area contributed by atoms with E-state index in [1.165, 1.54) is 63.9 Å². The maximum atomic E-state index is 11.9. The van der Waals surface area contributed by atoms with E-state index in [1.54, 1.807) is 6.92 Å². The monoisotopic (exact) mass is 428 g/mol. The van der Waals surface area contributed by atoms with Crippen molar-refractivity contribution < 1.29 is 20.9 Å². The fraction of sp³-hybridized carbons (Fsp3) is 0.870. The van der Waals surface area contributed by atoms with E-state index >= 15 is 0 Å². The molecule has 0 bridgehead atoms. The summed E-state index contributed by atoms with van der Waals surface area (Å²) < 4.78 is 22.4.